The van der Waals surface area contributed by atoms with Crippen LogP contribution < -0.4 is 0 Å². The van der Waals surface area contributed by atoms with Crippen molar-refractivity contribution in [1.82, 2.24) is 24.1 Å². The van der Waals surface area contributed by atoms with Crippen molar-refractivity contribution in [3.63, 3.8) is 0 Å². The fourth-order valence-electron chi connectivity index (χ4n) is 10.5. The lowest BCUT2D eigenvalue weighted by Gasteiger charge is -2.14. The quantitative estimate of drug-likeness (QED) is 0.160. The highest BCUT2D eigenvalue weighted by Crippen LogP contribution is 2.44. The van der Waals surface area contributed by atoms with E-state index < -0.39 is 0 Å². The third-order valence-electron chi connectivity index (χ3n) is 13.6. The molecule has 0 saturated carbocycles. The summed E-state index contributed by atoms with van der Waals surface area (Å²) in [5, 5.41) is 6.50. The van der Waals surface area contributed by atoms with Crippen molar-refractivity contribution in [2.24, 2.45) is 0 Å². The summed E-state index contributed by atoms with van der Waals surface area (Å²) < 4.78 is 11.3. The van der Waals surface area contributed by atoms with E-state index in [-0.39, 0.29) is 0 Å². The van der Waals surface area contributed by atoms with Crippen LogP contribution >= 0.6 is 0 Å². The second-order valence-electron chi connectivity index (χ2n) is 17.5. The lowest BCUT2D eigenvalue weighted by atomic mass is 9.95. The molecule has 322 valence electrons. The number of furan rings is 1. The van der Waals surface area contributed by atoms with Crippen molar-refractivity contribution in [3.8, 4) is 67.8 Å². The fourth-order valence-corrected chi connectivity index (χ4v) is 10.5. The fraction of sp³-hybridized carbons (Fsp3) is 0. The molecule has 0 fully saturated rings. The molecule has 0 aliphatic carbocycles. The third kappa shape index (κ3) is 6.23. The van der Waals surface area contributed by atoms with Crippen LogP contribution in [-0.4, -0.2) is 24.1 Å². The van der Waals surface area contributed by atoms with E-state index in [1.807, 2.05) is 42.5 Å². The monoisotopic (exact) mass is 881 g/mol. The van der Waals surface area contributed by atoms with E-state index in [4.69, 9.17) is 19.4 Å². The summed E-state index contributed by atoms with van der Waals surface area (Å²) in [5.74, 6) is 1.65. The number of nitrogens with zero attached hydrogens (tertiary/aromatic N) is 5. The number of rotatable bonds is 7. The Morgan fingerprint density at radius 2 is 0.739 bits per heavy atom. The summed E-state index contributed by atoms with van der Waals surface area (Å²) >= 11 is 0. The first-order chi connectivity index (χ1) is 34.2. The van der Waals surface area contributed by atoms with Crippen molar-refractivity contribution < 1.29 is 4.42 Å². The van der Waals surface area contributed by atoms with Gasteiger partial charge < -0.3 is 8.98 Å². The summed E-state index contributed by atoms with van der Waals surface area (Å²) in [6.45, 7) is 0. The van der Waals surface area contributed by atoms with Gasteiger partial charge in [-0.05, 0) is 69.8 Å². The van der Waals surface area contributed by atoms with Crippen LogP contribution in [0.15, 0.2) is 241 Å². The molecule has 6 nitrogen and oxygen atoms in total. The molecule has 4 aromatic heterocycles. The van der Waals surface area contributed by atoms with E-state index in [0.717, 1.165) is 88.1 Å². The zero-order valence-corrected chi connectivity index (χ0v) is 37.2. The SMILES string of the molecule is c1ccc(-c2ccc(-c3cccc4oc5cccc(-c6nc(-c7ccccc7)nc(-n7c8ccccc8c8ccc9c%10ccccc%10n(-c%10ccc(-c%11ccccc%11)cc%10)c9c87)n6)c5c34)cc2)cc1. The number of fused-ring (bicyclic) bond motifs is 10. The van der Waals surface area contributed by atoms with Crippen LogP contribution in [0.5, 0.6) is 0 Å². The number of benzene rings is 10. The first kappa shape index (κ1) is 38.8. The molecule has 0 N–H and O–H groups in total. The second-order valence-corrected chi connectivity index (χ2v) is 17.5. The summed E-state index contributed by atoms with van der Waals surface area (Å²) in [6.07, 6.45) is 0. The highest BCUT2D eigenvalue weighted by Gasteiger charge is 2.25. The van der Waals surface area contributed by atoms with E-state index in [1.54, 1.807) is 0 Å². The van der Waals surface area contributed by atoms with Crippen LogP contribution in [-0.2, 0) is 0 Å². The third-order valence-corrected chi connectivity index (χ3v) is 13.6. The van der Waals surface area contributed by atoms with E-state index in [2.05, 4.69) is 203 Å². The molecular weight excluding hydrogens is 843 g/mol. The van der Waals surface area contributed by atoms with Gasteiger partial charge in [0.25, 0.3) is 0 Å². The van der Waals surface area contributed by atoms with Crippen LogP contribution in [0, 0.1) is 0 Å². The van der Waals surface area contributed by atoms with E-state index in [0.29, 0.717) is 17.6 Å². The maximum Gasteiger partial charge on any atom is 0.238 e. The Balaban J connectivity index is 1.04. The predicted octanol–water partition coefficient (Wildman–Crippen LogP) is 16.3. The van der Waals surface area contributed by atoms with E-state index >= 15 is 0 Å². The standard InChI is InChI=1S/C63H39N5O/c1-4-16-40(17-5-1)42-30-32-44(33-31-42)47-24-14-28-55-57(47)58-52(25-15-29-56(58)69-55)62-64-61(45-20-8-3-9-21-45)65-63(66-62)68-54-27-13-11-23-49(54)51-39-38-50-48-22-10-12-26-53(48)67(59(50)60(51)68)46-36-34-43(35-37-46)41-18-6-2-7-19-41/h1-39H. The van der Waals surface area contributed by atoms with Crippen LogP contribution in [0.2, 0.25) is 0 Å². The van der Waals surface area contributed by atoms with Crippen molar-refractivity contribution in [1.29, 1.82) is 0 Å². The van der Waals surface area contributed by atoms with Crippen molar-refractivity contribution in [2.75, 3.05) is 0 Å². The van der Waals surface area contributed by atoms with Crippen LogP contribution in [0.4, 0.5) is 0 Å². The molecule has 6 heteroatoms. The van der Waals surface area contributed by atoms with Gasteiger partial charge in [-0.2, -0.15) is 9.97 Å². The summed E-state index contributed by atoms with van der Waals surface area (Å²) in [4.78, 5) is 16.3. The summed E-state index contributed by atoms with van der Waals surface area (Å²) in [5.41, 5.74) is 15.5. The van der Waals surface area contributed by atoms with Gasteiger partial charge in [-0.25, -0.2) is 4.98 Å². The lowest BCUT2D eigenvalue weighted by molar-refractivity contribution is 0.669. The topological polar surface area (TPSA) is 61.7 Å². The van der Waals surface area contributed by atoms with Gasteiger partial charge in [0.15, 0.2) is 11.6 Å². The first-order valence-corrected chi connectivity index (χ1v) is 23.3. The average Bonchev–Trinajstić information content (AvgIpc) is 4.10. The number of para-hydroxylation sites is 2. The van der Waals surface area contributed by atoms with Crippen molar-refractivity contribution >= 4 is 65.6 Å². The highest BCUT2D eigenvalue weighted by molar-refractivity contribution is 6.24. The molecule has 14 aromatic rings. The van der Waals surface area contributed by atoms with E-state index in [9.17, 15) is 0 Å². The average molecular weight is 882 g/mol. The van der Waals surface area contributed by atoms with Crippen LogP contribution in [0.1, 0.15) is 0 Å². The molecule has 0 atom stereocenters. The Bertz CT molecular complexity index is 4270. The molecule has 10 aromatic carbocycles. The Labute approximate surface area is 396 Å². The van der Waals surface area contributed by atoms with E-state index in [1.165, 1.54) is 27.6 Å². The summed E-state index contributed by atoms with van der Waals surface area (Å²) in [7, 11) is 0. The number of aromatic nitrogens is 5. The number of hydrogen-bond donors (Lipinski definition) is 0. The van der Waals surface area contributed by atoms with Gasteiger partial charge in [0.1, 0.15) is 11.2 Å². The Hall–Kier alpha value is -9.39. The maximum absolute atomic E-state index is 6.69. The van der Waals surface area contributed by atoms with Crippen molar-refractivity contribution in [3.05, 3.63) is 237 Å². The smallest absolute Gasteiger partial charge is 0.238 e. The first-order valence-electron chi connectivity index (χ1n) is 23.3. The highest BCUT2D eigenvalue weighted by atomic mass is 16.3. The van der Waals surface area contributed by atoms with Crippen molar-refractivity contribution in [2.45, 2.75) is 0 Å². The molecule has 4 heterocycles. The van der Waals surface area contributed by atoms with Gasteiger partial charge in [-0.15, -0.1) is 0 Å². The molecule has 69 heavy (non-hydrogen) atoms. The molecule has 0 aliphatic heterocycles. The minimum Gasteiger partial charge on any atom is -0.456 e. The zero-order chi connectivity index (χ0) is 45.4. The molecular formula is C63H39N5O. The minimum atomic E-state index is 0.523. The molecule has 0 amide bonds. The lowest BCUT2D eigenvalue weighted by Crippen LogP contribution is -2.07. The Morgan fingerprint density at radius 1 is 0.290 bits per heavy atom. The Kier molecular flexibility index (Phi) is 8.79. The van der Waals surface area contributed by atoms with Gasteiger partial charge in [0.05, 0.1) is 22.1 Å². The molecule has 0 bridgehead atoms. The predicted molar refractivity (Wildman–Crippen MR) is 283 cm³/mol. The van der Waals surface area contributed by atoms with Gasteiger partial charge >= 0.3 is 0 Å². The van der Waals surface area contributed by atoms with Crippen LogP contribution in [0.3, 0.4) is 0 Å². The molecule has 0 aliphatic rings. The maximum atomic E-state index is 6.69. The zero-order valence-electron chi connectivity index (χ0n) is 37.2. The van der Waals surface area contributed by atoms with Crippen LogP contribution in [0.25, 0.3) is 133 Å². The summed E-state index contributed by atoms with van der Waals surface area (Å²) in [6, 6.07) is 83.2. The molecule has 0 spiro atoms. The number of hydrogen-bond acceptors (Lipinski definition) is 4. The molecule has 0 saturated heterocycles. The minimum absolute atomic E-state index is 0.523. The second kappa shape index (κ2) is 15.6. The Morgan fingerprint density at radius 3 is 1.35 bits per heavy atom. The molecule has 0 unspecified atom stereocenters. The normalized spacial score (nSPS) is 11.8. The van der Waals surface area contributed by atoms with Gasteiger partial charge in [0, 0.05) is 49.1 Å². The van der Waals surface area contributed by atoms with Gasteiger partial charge in [0.2, 0.25) is 5.95 Å². The van der Waals surface area contributed by atoms with Gasteiger partial charge in [-0.1, -0.05) is 200 Å². The largest absolute Gasteiger partial charge is 0.456 e. The molecule has 0 radical (unpaired) electrons. The molecule has 14 rings (SSSR count). The van der Waals surface area contributed by atoms with Gasteiger partial charge in [-0.3, -0.25) is 4.57 Å².